The normalized spacial score (nSPS) is 14.1. The van der Waals surface area contributed by atoms with Crippen molar-refractivity contribution in [2.24, 2.45) is 0 Å². The number of rotatable bonds is 7. The van der Waals surface area contributed by atoms with E-state index in [1.807, 2.05) is 0 Å². The largest absolute Gasteiger partial charge is 0.475 e. The van der Waals surface area contributed by atoms with Gasteiger partial charge in [-0.25, -0.2) is 9.97 Å². The second-order valence-electron chi connectivity index (χ2n) is 6.24. The number of nitrogens with one attached hydrogen (secondary N) is 1. The fourth-order valence-electron chi connectivity index (χ4n) is 2.22. The van der Waals surface area contributed by atoms with E-state index in [1.165, 1.54) is 18.5 Å². The third-order valence-corrected chi connectivity index (χ3v) is 4.64. The summed E-state index contributed by atoms with van der Waals surface area (Å²) < 4.78 is 45.8. The molecule has 2 aromatic rings. The molecule has 10 heteroatoms. The van der Waals surface area contributed by atoms with Gasteiger partial charge in [-0.1, -0.05) is 6.07 Å². The number of carbonyl (C=O) groups is 1. The maximum atomic E-state index is 13.4. The van der Waals surface area contributed by atoms with Gasteiger partial charge in [-0.2, -0.15) is 13.2 Å². The summed E-state index contributed by atoms with van der Waals surface area (Å²) in [5.41, 5.74) is -2.49. The third kappa shape index (κ3) is 5.16. The first-order valence-electron chi connectivity index (χ1n) is 8.12. The first-order valence-corrected chi connectivity index (χ1v) is 9.00. The summed E-state index contributed by atoms with van der Waals surface area (Å²) in [6.07, 6.45) is -4.88. The number of ether oxygens (including phenoxy) is 1. The first-order chi connectivity index (χ1) is 12.5. The number of aromatic nitrogens is 2. The molecule has 1 unspecified atom stereocenters. The summed E-state index contributed by atoms with van der Waals surface area (Å²) in [7, 11) is 0. The highest BCUT2D eigenvalue weighted by Crippen LogP contribution is 2.42. The molecule has 0 aliphatic rings. The van der Waals surface area contributed by atoms with E-state index in [4.69, 9.17) is 4.74 Å². The van der Waals surface area contributed by atoms with Crippen LogP contribution in [0.2, 0.25) is 0 Å². The minimum atomic E-state index is -5.05. The lowest BCUT2D eigenvalue weighted by Crippen LogP contribution is -2.46. The molecule has 0 aliphatic heterocycles. The van der Waals surface area contributed by atoms with Crippen LogP contribution in [0.5, 0.6) is 5.88 Å². The molecule has 1 atom stereocenters. The zero-order chi connectivity index (χ0) is 20.2. The van der Waals surface area contributed by atoms with E-state index < -0.39 is 29.1 Å². The van der Waals surface area contributed by atoms with E-state index in [9.17, 15) is 23.1 Å². The Labute approximate surface area is 158 Å². The molecule has 148 valence electrons. The maximum Gasteiger partial charge on any atom is 0.424 e. The van der Waals surface area contributed by atoms with Crippen LogP contribution >= 0.6 is 11.3 Å². The molecule has 2 rings (SSSR count). The number of nitrogens with zero attached hydrogens (tertiary/aromatic N) is 2. The molecule has 0 spiro atoms. The van der Waals surface area contributed by atoms with Crippen LogP contribution in [0.4, 0.5) is 13.2 Å². The van der Waals surface area contributed by atoms with Crippen LogP contribution in [-0.2, 0) is 16.9 Å². The van der Waals surface area contributed by atoms with Crippen LogP contribution in [0.3, 0.4) is 0 Å². The van der Waals surface area contributed by atoms with E-state index in [0.717, 1.165) is 0 Å². The molecule has 2 N–H and O–H groups in total. The number of halogens is 3. The SMILES string of the molecule is Cc1csc(C(O)(CC(=O)NCc2cccnc2OC(C)C)C(F)(F)F)n1. The van der Waals surface area contributed by atoms with Crippen LogP contribution in [0, 0.1) is 6.92 Å². The standard InChI is InChI=1S/C17H20F3N3O3S/c1-10(2)26-14-12(5-4-6-21-14)8-22-13(24)7-16(25,17(18,19)20)15-23-11(3)9-27-15/h4-6,9-10,25H,7-8H2,1-3H3,(H,22,24). The Balaban J connectivity index is 2.12. The molecule has 6 nitrogen and oxygen atoms in total. The molecule has 2 heterocycles. The summed E-state index contributed by atoms with van der Waals surface area (Å²) in [6, 6.07) is 3.27. The van der Waals surface area contributed by atoms with E-state index in [1.54, 1.807) is 26.0 Å². The number of aliphatic hydroxyl groups is 1. The number of thiazole rings is 1. The topological polar surface area (TPSA) is 84.3 Å². The Kier molecular flexibility index (Phi) is 6.42. The second kappa shape index (κ2) is 8.22. The summed E-state index contributed by atoms with van der Waals surface area (Å²) in [6.45, 7) is 5.03. The number of carbonyl (C=O) groups excluding carboxylic acids is 1. The third-order valence-electron chi connectivity index (χ3n) is 3.53. The maximum absolute atomic E-state index is 13.4. The van der Waals surface area contributed by atoms with Crippen molar-refractivity contribution in [3.8, 4) is 5.88 Å². The number of aryl methyl sites for hydroxylation is 1. The monoisotopic (exact) mass is 403 g/mol. The van der Waals surface area contributed by atoms with Gasteiger partial charge in [-0.3, -0.25) is 4.79 Å². The van der Waals surface area contributed by atoms with Crippen molar-refractivity contribution in [2.45, 2.75) is 51.6 Å². The van der Waals surface area contributed by atoms with Gasteiger partial charge in [0.05, 0.1) is 12.5 Å². The molecule has 0 aromatic carbocycles. The number of amides is 1. The molecule has 0 saturated heterocycles. The van der Waals surface area contributed by atoms with Gasteiger partial charge < -0.3 is 15.2 Å². The van der Waals surface area contributed by atoms with Crippen LogP contribution in [-0.4, -0.2) is 33.3 Å². The fourth-order valence-corrected chi connectivity index (χ4v) is 3.13. The van der Waals surface area contributed by atoms with Gasteiger partial charge in [-0.15, -0.1) is 11.3 Å². The van der Waals surface area contributed by atoms with E-state index in [0.29, 0.717) is 22.6 Å². The van der Waals surface area contributed by atoms with Gasteiger partial charge in [0.2, 0.25) is 17.4 Å². The van der Waals surface area contributed by atoms with Crippen LogP contribution in [0.25, 0.3) is 0 Å². The van der Waals surface area contributed by atoms with Gasteiger partial charge >= 0.3 is 6.18 Å². The average molecular weight is 403 g/mol. The van der Waals surface area contributed by atoms with Crippen LogP contribution in [0.15, 0.2) is 23.7 Å². The highest BCUT2D eigenvalue weighted by atomic mass is 32.1. The van der Waals surface area contributed by atoms with Crippen LogP contribution < -0.4 is 10.1 Å². The summed E-state index contributed by atoms with van der Waals surface area (Å²) in [5.74, 6) is -0.684. The Morgan fingerprint density at radius 1 is 1.41 bits per heavy atom. The van der Waals surface area contributed by atoms with Crippen molar-refractivity contribution in [3.05, 3.63) is 40.0 Å². The first kappa shape index (κ1) is 21.1. The molecular formula is C17H20F3N3O3S. The minimum absolute atomic E-state index is 0.0838. The van der Waals surface area contributed by atoms with Gasteiger partial charge in [0, 0.05) is 29.4 Å². The highest BCUT2D eigenvalue weighted by molar-refractivity contribution is 7.09. The van der Waals surface area contributed by atoms with Gasteiger partial charge in [0.25, 0.3) is 0 Å². The Morgan fingerprint density at radius 3 is 2.67 bits per heavy atom. The average Bonchev–Trinajstić information content (AvgIpc) is 2.99. The Bertz CT molecular complexity index is 795. The second-order valence-corrected chi connectivity index (χ2v) is 7.10. The summed E-state index contributed by atoms with van der Waals surface area (Å²) >= 11 is 0.658. The van der Waals surface area contributed by atoms with Crippen molar-refractivity contribution in [1.82, 2.24) is 15.3 Å². The number of hydrogen-bond acceptors (Lipinski definition) is 6. The van der Waals surface area contributed by atoms with Crippen LogP contribution in [0.1, 0.15) is 36.5 Å². The molecule has 0 saturated carbocycles. The van der Waals surface area contributed by atoms with E-state index in [2.05, 4.69) is 15.3 Å². The van der Waals surface area contributed by atoms with Crippen molar-refractivity contribution in [3.63, 3.8) is 0 Å². The zero-order valence-electron chi connectivity index (χ0n) is 15.0. The predicted molar refractivity (Wildman–Crippen MR) is 93.3 cm³/mol. The molecule has 0 aliphatic carbocycles. The number of alkyl halides is 3. The molecule has 0 bridgehead atoms. The molecule has 2 aromatic heterocycles. The lowest BCUT2D eigenvalue weighted by molar-refractivity contribution is -0.267. The lowest BCUT2D eigenvalue weighted by Gasteiger charge is -2.28. The van der Waals surface area contributed by atoms with Gasteiger partial charge in [0.15, 0.2) is 0 Å². The highest BCUT2D eigenvalue weighted by Gasteiger charge is 2.58. The molecule has 27 heavy (non-hydrogen) atoms. The molecule has 0 radical (unpaired) electrons. The Hall–Kier alpha value is -2.20. The van der Waals surface area contributed by atoms with Gasteiger partial charge in [-0.05, 0) is 26.8 Å². The number of pyridine rings is 1. The van der Waals surface area contributed by atoms with Crippen molar-refractivity contribution in [2.75, 3.05) is 0 Å². The minimum Gasteiger partial charge on any atom is -0.475 e. The quantitative estimate of drug-likeness (QED) is 0.742. The smallest absolute Gasteiger partial charge is 0.424 e. The van der Waals surface area contributed by atoms with Crippen molar-refractivity contribution in [1.29, 1.82) is 0 Å². The predicted octanol–water partition coefficient (Wildman–Crippen LogP) is 3.09. The lowest BCUT2D eigenvalue weighted by atomic mass is 9.99. The summed E-state index contributed by atoms with van der Waals surface area (Å²) in [5, 5.41) is 13.4. The van der Waals surface area contributed by atoms with E-state index in [-0.39, 0.29) is 18.5 Å². The van der Waals surface area contributed by atoms with E-state index >= 15 is 0 Å². The molecule has 1 amide bonds. The molecular weight excluding hydrogens is 383 g/mol. The number of hydrogen-bond donors (Lipinski definition) is 2. The fraction of sp³-hybridized carbons (Fsp3) is 0.471. The summed E-state index contributed by atoms with van der Waals surface area (Å²) in [4.78, 5) is 19.9. The Morgan fingerprint density at radius 2 is 2.11 bits per heavy atom. The van der Waals surface area contributed by atoms with Crippen molar-refractivity contribution >= 4 is 17.2 Å². The zero-order valence-corrected chi connectivity index (χ0v) is 15.8. The van der Waals surface area contributed by atoms with Gasteiger partial charge in [0.1, 0.15) is 5.01 Å². The molecule has 0 fully saturated rings. The van der Waals surface area contributed by atoms with Crippen molar-refractivity contribution < 1.29 is 27.8 Å².